The summed E-state index contributed by atoms with van der Waals surface area (Å²) >= 11 is 0. The number of nitrogens with zero attached hydrogens (tertiary/aromatic N) is 1. The van der Waals surface area contributed by atoms with Crippen LogP contribution >= 0.6 is 0 Å². The molecule has 0 aliphatic carbocycles. The molecular weight excluding hydrogens is 226 g/mol. The number of piperidine rings is 1. The molecule has 0 saturated carbocycles. The highest BCUT2D eigenvalue weighted by Crippen LogP contribution is 2.37. The number of aryl methyl sites for hydroxylation is 1. The number of para-hydroxylation sites is 1. The van der Waals surface area contributed by atoms with Gasteiger partial charge >= 0.3 is 0 Å². The third-order valence-electron chi connectivity index (χ3n) is 4.30. The van der Waals surface area contributed by atoms with Crippen molar-refractivity contribution in [3.8, 4) is 11.5 Å². The largest absolute Gasteiger partial charge is 0.504 e. The first kappa shape index (κ1) is 11.8. The van der Waals surface area contributed by atoms with Crippen molar-refractivity contribution in [2.45, 2.75) is 44.2 Å². The molecule has 3 heteroatoms. The average molecular weight is 247 g/mol. The molecule has 1 saturated heterocycles. The van der Waals surface area contributed by atoms with Gasteiger partial charge in [-0.25, -0.2) is 0 Å². The van der Waals surface area contributed by atoms with Crippen molar-refractivity contribution in [2.24, 2.45) is 0 Å². The van der Waals surface area contributed by atoms with Crippen LogP contribution in [-0.4, -0.2) is 35.7 Å². The number of likely N-dealkylation sites (tertiary alicyclic amines) is 1. The Morgan fingerprint density at radius 1 is 1.28 bits per heavy atom. The molecule has 2 heterocycles. The van der Waals surface area contributed by atoms with Crippen LogP contribution in [0.4, 0.5) is 0 Å². The Balaban J connectivity index is 1.79. The molecule has 3 rings (SSSR count). The van der Waals surface area contributed by atoms with Gasteiger partial charge in [0.05, 0.1) is 0 Å². The predicted molar refractivity (Wildman–Crippen MR) is 71.1 cm³/mol. The van der Waals surface area contributed by atoms with Crippen molar-refractivity contribution in [3.05, 3.63) is 23.8 Å². The second kappa shape index (κ2) is 4.81. The fourth-order valence-corrected chi connectivity index (χ4v) is 3.25. The van der Waals surface area contributed by atoms with Crippen molar-refractivity contribution < 1.29 is 9.84 Å². The topological polar surface area (TPSA) is 32.7 Å². The summed E-state index contributed by atoms with van der Waals surface area (Å²) in [6, 6.07) is 6.16. The lowest BCUT2D eigenvalue weighted by molar-refractivity contribution is 0.0429. The number of likely N-dealkylation sites (N-methyl/N-ethyl adjacent to an activating group) is 1. The summed E-state index contributed by atoms with van der Waals surface area (Å²) in [5.41, 5.74) is 1.14. The van der Waals surface area contributed by atoms with E-state index < -0.39 is 0 Å². The molecule has 0 spiro atoms. The van der Waals surface area contributed by atoms with Gasteiger partial charge in [-0.3, -0.25) is 4.90 Å². The fraction of sp³-hybridized carbons (Fsp3) is 0.600. The number of phenols is 1. The Kier molecular flexibility index (Phi) is 3.16. The highest BCUT2D eigenvalue weighted by molar-refractivity contribution is 5.46. The molecule has 1 N–H and O–H groups in total. The number of hydrogen-bond donors (Lipinski definition) is 1. The Hall–Kier alpha value is -1.22. The van der Waals surface area contributed by atoms with Gasteiger partial charge in [-0.15, -0.1) is 0 Å². The van der Waals surface area contributed by atoms with E-state index in [-0.39, 0.29) is 11.9 Å². The van der Waals surface area contributed by atoms with Crippen LogP contribution in [0, 0.1) is 0 Å². The van der Waals surface area contributed by atoms with Crippen LogP contribution in [-0.2, 0) is 6.42 Å². The lowest BCUT2D eigenvalue weighted by Crippen LogP contribution is -2.48. The second-order valence-electron chi connectivity index (χ2n) is 5.50. The minimum atomic E-state index is 0.232. The summed E-state index contributed by atoms with van der Waals surface area (Å²) in [4.78, 5) is 2.42. The molecule has 0 radical (unpaired) electrons. The van der Waals surface area contributed by atoms with Gasteiger partial charge in [0.25, 0.3) is 0 Å². The molecule has 2 aliphatic rings. The van der Waals surface area contributed by atoms with Gasteiger partial charge in [0.15, 0.2) is 11.5 Å². The minimum Gasteiger partial charge on any atom is -0.504 e. The zero-order valence-corrected chi connectivity index (χ0v) is 10.9. The van der Waals surface area contributed by atoms with Crippen LogP contribution in [0.15, 0.2) is 18.2 Å². The van der Waals surface area contributed by atoms with Crippen molar-refractivity contribution in [1.82, 2.24) is 4.90 Å². The van der Waals surface area contributed by atoms with Gasteiger partial charge in [-0.2, -0.15) is 0 Å². The van der Waals surface area contributed by atoms with E-state index in [9.17, 15) is 5.11 Å². The SMILES string of the molecule is CN1CCCC[C@@H]1[C@@H]1CCc2cccc(O)c2O1. The predicted octanol–water partition coefficient (Wildman–Crippen LogP) is 2.57. The summed E-state index contributed by atoms with van der Waals surface area (Å²) in [6.45, 7) is 1.16. The maximum absolute atomic E-state index is 9.90. The number of rotatable bonds is 1. The third kappa shape index (κ3) is 2.07. The molecule has 3 nitrogen and oxygen atoms in total. The standard InChI is InChI=1S/C15H21NO2/c1-16-10-3-2-6-12(16)14-9-8-11-5-4-7-13(17)15(11)18-14/h4-5,7,12,14,17H,2-3,6,8-10H2,1H3/t12-,14+/m1/s1. The Morgan fingerprint density at radius 3 is 3.00 bits per heavy atom. The van der Waals surface area contributed by atoms with Crippen molar-refractivity contribution in [2.75, 3.05) is 13.6 Å². The maximum atomic E-state index is 9.90. The fourth-order valence-electron chi connectivity index (χ4n) is 3.25. The molecule has 0 aromatic heterocycles. The quantitative estimate of drug-likeness (QED) is 0.828. The monoisotopic (exact) mass is 247 g/mol. The molecular formula is C15H21NO2. The van der Waals surface area contributed by atoms with Crippen LogP contribution in [0.3, 0.4) is 0 Å². The second-order valence-corrected chi connectivity index (χ2v) is 5.50. The lowest BCUT2D eigenvalue weighted by atomic mass is 9.91. The highest BCUT2D eigenvalue weighted by atomic mass is 16.5. The number of phenolic OH excluding ortho intramolecular Hbond substituents is 1. The van der Waals surface area contributed by atoms with Gasteiger partial charge in [0.1, 0.15) is 6.10 Å². The summed E-state index contributed by atoms with van der Waals surface area (Å²) < 4.78 is 6.08. The van der Waals surface area contributed by atoms with E-state index in [2.05, 4.69) is 18.0 Å². The van der Waals surface area contributed by atoms with E-state index in [1.807, 2.05) is 6.07 Å². The van der Waals surface area contributed by atoms with Gasteiger partial charge in [0, 0.05) is 6.04 Å². The number of ether oxygens (including phenoxy) is 1. The smallest absolute Gasteiger partial charge is 0.164 e. The van der Waals surface area contributed by atoms with Crippen LogP contribution in [0.5, 0.6) is 11.5 Å². The van der Waals surface area contributed by atoms with E-state index in [0.29, 0.717) is 11.8 Å². The van der Waals surface area contributed by atoms with E-state index in [1.165, 1.54) is 19.3 Å². The molecule has 18 heavy (non-hydrogen) atoms. The van der Waals surface area contributed by atoms with Crippen molar-refractivity contribution in [1.29, 1.82) is 0 Å². The zero-order chi connectivity index (χ0) is 12.5. The van der Waals surface area contributed by atoms with Gasteiger partial charge in [-0.1, -0.05) is 18.6 Å². The summed E-state index contributed by atoms with van der Waals surface area (Å²) in [5.74, 6) is 1.00. The summed E-state index contributed by atoms with van der Waals surface area (Å²) in [5, 5.41) is 9.90. The average Bonchev–Trinajstić information content (AvgIpc) is 2.40. The molecule has 2 atom stereocenters. The van der Waals surface area contributed by atoms with Crippen LogP contribution in [0.1, 0.15) is 31.2 Å². The molecule has 0 bridgehead atoms. The first-order valence-electron chi connectivity index (χ1n) is 6.93. The summed E-state index contributed by atoms with van der Waals surface area (Å²) in [6.07, 6.45) is 6.11. The van der Waals surface area contributed by atoms with Gasteiger partial charge < -0.3 is 9.84 Å². The molecule has 1 fully saturated rings. The highest BCUT2D eigenvalue weighted by Gasteiger charge is 2.32. The van der Waals surface area contributed by atoms with E-state index >= 15 is 0 Å². The number of aromatic hydroxyl groups is 1. The maximum Gasteiger partial charge on any atom is 0.164 e. The molecule has 0 unspecified atom stereocenters. The van der Waals surface area contributed by atoms with Crippen LogP contribution in [0.25, 0.3) is 0 Å². The lowest BCUT2D eigenvalue weighted by Gasteiger charge is -2.40. The van der Waals surface area contributed by atoms with Gasteiger partial charge in [0.2, 0.25) is 0 Å². The molecule has 1 aromatic carbocycles. The third-order valence-corrected chi connectivity index (χ3v) is 4.30. The Bertz CT molecular complexity index is 433. The van der Waals surface area contributed by atoms with Crippen molar-refractivity contribution >= 4 is 0 Å². The first-order chi connectivity index (χ1) is 8.75. The number of benzene rings is 1. The van der Waals surface area contributed by atoms with Crippen molar-refractivity contribution in [3.63, 3.8) is 0 Å². The molecule has 0 amide bonds. The van der Waals surface area contributed by atoms with E-state index in [0.717, 1.165) is 24.9 Å². The van der Waals surface area contributed by atoms with Crippen LogP contribution < -0.4 is 4.74 Å². The van der Waals surface area contributed by atoms with Crippen LogP contribution in [0.2, 0.25) is 0 Å². The summed E-state index contributed by atoms with van der Waals surface area (Å²) in [7, 11) is 2.19. The van der Waals surface area contributed by atoms with E-state index in [1.54, 1.807) is 6.07 Å². The molecule has 98 valence electrons. The zero-order valence-electron chi connectivity index (χ0n) is 10.9. The Morgan fingerprint density at radius 2 is 2.17 bits per heavy atom. The normalized spacial score (nSPS) is 28.5. The minimum absolute atomic E-state index is 0.232. The van der Waals surface area contributed by atoms with E-state index in [4.69, 9.17) is 4.74 Å². The molecule has 2 aliphatic heterocycles. The van der Waals surface area contributed by atoms with Gasteiger partial charge in [-0.05, 0) is 50.9 Å². The first-order valence-corrected chi connectivity index (χ1v) is 6.93. The Labute approximate surface area is 108 Å². The number of hydrogen-bond acceptors (Lipinski definition) is 3. The molecule has 1 aromatic rings. The number of fused-ring (bicyclic) bond motifs is 1.